The Balaban J connectivity index is 2.04. The van der Waals surface area contributed by atoms with Crippen LogP contribution < -0.4 is 10.3 Å². The molecule has 2 aromatic carbocycles. The zero-order chi connectivity index (χ0) is 21.7. The van der Waals surface area contributed by atoms with Gasteiger partial charge in [-0.1, -0.05) is 48.5 Å². The molecule has 3 amide bonds. The van der Waals surface area contributed by atoms with Crippen molar-refractivity contribution in [1.82, 2.24) is 10.4 Å². The normalized spacial score (nSPS) is 17.3. The Morgan fingerprint density at radius 1 is 1.00 bits per heavy atom. The van der Waals surface area contributed by atoms with Crippen LogP contribution in [0.1, 0.15) is 31.9 Å². The minimum atomic E-state index is -1.51. The first-order chi connectivity index (χ1) is 14.4. The van der Waals surface area contributed by atoms with E-state index in [1.54, 1.807) is 37.8 Å². The molecule has 1 aliphatic rings. The summed E-state index contributed by atoms with van der Waals surface area (Å²) in [6.45, 7) is 5.40. The van der Waals surface area contributed by atoms with Gasteiger partial charge < -0.3 is 14.4 Å². The summed E-state index contributed by atoms with van der Waals surface area (Å²) in [5.74, 6) is -0.364. The second kappa shape index (κ2) is 8.86. The van der Waals surface area contributed by atoms with Crippen molar-refractivity contribution in [2.75, 3.05) is 18.1 Å². The van der Waals surface area contributed by atoms with Crippen molar-refractivity contribution in [3.05, 3.63) is 65.7 Å². The van der Waals surface area contributed by atoms with Gasteiger partial charge in [0, 0.05) is 5.56 Å². The number of anilines is 1. The maximum Gasteiger partial charge on any atom is 0.430 e. The Bertz CT molecular complexity index is 933. The van der Waals surface area contributed by atoms with E-state index in [9.17, 15) is 14.4 Å². The van der Waals surface area contributed by atoms with Crippen molar-refractivity contribution in [2.45, 2.75) is 32.9 Å². The summed E-state index contributed by atoms with van der Waals surface area (Å²) in [6, 6.07) is 16.7. The highest BCUT2D eigenvalue weighted by Gasteiger charge is 2.54. The molecule has 1 N–H and O–H groups in total. The summed E-state index contributed by atoms with van der Waals surface area (Å²) >= 11 is 0. The second-order valence-electron chi connectivity index (χ2n) is 6.83. The van der Waals surface area contributed by atoms with E-state index >= 15 is 0 Å². The number of ether oxygens (including phenoxy) is 2. The van der Waals surface area contributed by atoms with E-state index in [0.29, 0.717) is 17.8 Å². The number of amides is 3. The van der Waals surface area contributed by atoms with E-state index in [4.69, 9.17) is 9.47 Å². The van der Waals surface area contributed by atoms with Crippen LogP contribution in [0, 0.1) is 0 Å². The monoisotopic (exact) mass is 411 g/mol. The van der Waals surface area contributed by atoms with Gasteiger partial charge >= 0.3 is 12.2 Å². The topological polar surface area (TPSA) is 88.2 Å². The van der Waals surface area contributed by atoms with Crippen molar-refractivity contribution in [3.63, 3.8) is 0 Å². The first-order valence-electron chi connectivity index (χ1n) is 9.79. The molecule has 8 nitrogen and oxygen atoms in total. The molecule has 0 fully saturated rings. The maximum absolute atomic E-state index is 13.7. The smallest absolute Gasteiger partial charge is 0.430 e. The average molecular weight is 411 g/mol. The van der Waals surface area contributed by atoms with E-state index in [2.05, 4.69) is 5.43 Å². The number of para-hydroxylation sites is 1. The molecule has 30 heavy (non-hydrogen) atoms. The summed E-state index contributed by atoms with van der Waals surface area (Å²) in [4.78, 5) is 40.2. The number of hydrazine groups is 1. The molecule has 0 aliphatic carbocycles. The molecule has 0 spiro atoms. The molecule has 0 unspecified atom stereocenters. The number of fused-ring (bicyclic) bond motifs is 1. The van der Waals surface area contributed by atoms with Gasteiger partial charge in [0.15, 0.2) is 5.54 Å². The van der Waals surface area contributed by atoms with Crippen molar-refractivity contribution in [3.8, 4) is 0 Å². The van der Waals surface area contributed by atoms with Gasteiger partial charge in [0.1, 0.15) is 0 Å². The number of nitrogens with zero attached hydrogens (tertiary/aromatic N) is 2. The van der Waals surface area contributed by atoms with Crippen LogP contribution in [0.2, 0.25) is 0 Å². The van der Waals surface area contributed by atoms with Crippen molar-refractivity contribution in [2.24, 2.45) is 0 Å². The lowest BCUT2D eigenvalue weighted by molar-refractivity contribution is -0.130. The Morgan fingerprint density at radius 2 is 1.63 bits per heavy atom. The first kappa shape index (κ1) is 21.2. The van der Waals surface area contributed by atoms with Crippen LogP contribution in [0.3, 0.4) is 0 Å². The summed E-state index contributed by atoms with van der Waals surface area (Å²) in [5.41, 5.74) is 3.06. The minimum Gasteiger partial charge on any atom is -0.449 e. The molecule has 3 rings (SSSR count). The quantitative estimate of drug-likeness (QED) is 0.760. The molecule has 0 saturated heterocycles. The predicted octanol–water partition coefficient (Wildman–Crippen LogP) is 3.57. The largest absolute Gasteiger partial charge is 0.449 e. The summed E-state index contributed by atoms with van der Waals surface area (Å²) < 4.78 is 10.1. The van der Waals surface area contributed by atoms with Gasteiger partial charge in [0.05, 0.1) is 25.4 Å². The van der Waals surface area contributed by atoms with Crippen molar-refractivity contribution < 1.29 is 23.9 Å². The van der Waals surface area contributed by atoms with Crippen LogP contribution in [0.5, 0.6) is 0 Å². The number of carbonyl (C=O) groups excluding carboxylic acids is 3. The highest BCUT2D eigenvalue weighted by atomic mass is 16.6. The van der Waals surface area contributed by atoms with Gasteiger partial charge in [0.2, 0.25) is 0 Å². The van der Waals surface area contributed by atoms with Crippen LogP contribution in [-0.4, -0.2) is 36.3 Å². The molecule has 8 heteroatoms. The van der Waals surface area contributed by atoms with E-state index < -0.39 is 17.7 Å². The zero-order valence-electron chi connectivity index (χ0n) is 17.3. The fourth-order valence-electron chi connectivity index (χ4n) is 3.53. The van der Waals surface area contributed by atoms with Crippen molar-refractivity contribution in [1.29, 1.82) is 0 Å². The third kappa shape index (κ3) is 3.80. The second-order valence-corrected chi connectivity index (χ2v) is 6.83. The van der Waals surface area contributed by atoms with Crippen LogP contribution in [0.4, 0.5) is 15.3 Å². The van der Waals surface area contributed by atoms with Crippen LogP contribution in [0.15, 0.2) is 54.6 Å². The number of nitrogens with one attached hydrogen (secondary N) is 1. The molecule has 0 bridgehead atoms. The maximum atomic E-state index is 13.7. The molecule has 1 aliphatic heterocycles. The molecule has 0 saturated carbocycles. The first-order valence-corrected chi connectivity index (χ1v) is 9.79. The lowest BCUT2D eigenvalue weighted by Gasteiger charge is -2.35. The van der Waals surface area contributed by atoms with Crippen molar-refractivity contribution >= 4 is 23.8 Å². The highest BCUT2D eigenvalue weighted by Crippen LogP contribution is 2.44. The number of benzene rings is 2. The number of hydrogen-bond donors (Lipinski definition) is 1. The fraction of sp³-hybridized carbons (Fsp3) is 0.318. The van der Waals surface area contributed by atoms with E-state index in [-0.39, 0.29) is 19.1 Å². The zero-order valence-corrected chi connectivity index (χ0v) is 17.3. The number of carbonyl (C=O) groups is 3. The van der Waals surface area contributed by atoms with E-state index in [0.717, 1.165) is 10.6 Å². The van der Waals surface area contributed by atoms with Crippen LogP contribution in [-0.2, 0) is 26.4 Å². The average Bonchev–Trinajstić information content (AvgIpc) is 2.96. The summed E-state index contributed by atoms with van der Waals surface area (Å²) in [7, 11) is 0. The summed E-state index contributed by atoms with van der Waals surface area (Å²) in [6.07, 6.45) is -1.70. The van der Waals surface area contributed by atoms with Gasteiger partial charge in [-0.2, -0.15) is 5.01 Å². The SMILES string of the molecule is CCOC(=O)NN(C(=O)OCC)[C@]1(C)C(=O)N(Cc2ccccc2)c2ccccc21. The highest BCUT2D eigenvalue weighted by molar-refractivity contribution is 6.08. The fourth-order valence-corrected chi connectivity index (χ4v) is 3.53. The molecular formula is C22H25N3O5. The predicted molar refractivity (Wildman–Crippen MR) is 110 cm³/mol. The Labute approximate surface area is 175 Å². The van der Waals surface area contributed by atoms with Crippen LogP contribution in [0.25, 0.3) is 0 Å². The van der Waals surface area contributed by atoms with Gasteiger partial charge in [0.25, 0.3) is 5.91 Å². The molecule has 0 aromatic heterocycles. The molecule has 2 aromatic rings. The van der Waals surface area contributed by atoms with E-state index in [1.807, 2.05) is 42.5 Å². The number of hydrogen-bond acceptors (Lipinski definition) is 5. The molecule has 1 heterocycles. The van der Waals surface area contributed by atoms with Gasteiger partial charge in [-0.25, -0.2) is 15.0 Å². The Kier molecular flexibility index (Phi) is 6.25. The lowest BCUT2D eigenvalue weighted by atomic mass is 9.93. The third-order valence-electron chi connectivity index (χ3n) is 4.94. The Hall–Kier alpha value is -3.55. The third-order valence-corrected chi connectivity index (χ3v) is 4.94. The van der Waals surface area contributed by atoms with E-state index in [1.165, 1.54) is 0 Å². The van der Waals surface area contributed by atoms with Gasteiger partial charge in [-0.15, -0.1) is 0 Å². The van der Waals surface area contributed by atoms with Gasteiger partial charge in [-0.3, -0.25) is 4.79 Å². The molecule has 1 atom stereocenters. The van der Waals surface area contributed by atoms with Gasteiger partial charge in [-0.05, 0) is 32.4 Å². The van der Waals surface area contributed by atoms with Crippen LogP contribution >= 0.6 is 0 Å². The number of rotatable bonds is 5. The summed E-state index contributed by atoms with van der Waals surface area (Å²) in [5, 5.41) is 0.917. The Morgan fingerprint density at radius 3 is 2.30 bits per heavy atom. The molecule has 0 radical (unpaired) electrons. The minimum absolute atomic E-state index is 0.0828. The molecular weight excluding hydrogens is 386 g/mol. The molecule has 158 valence electrons. The standard InChI is InChI=1S/C22H25N3O5/c1-4-29-20(27)23-25(21(28)30-5-2)22(3)17-13-9-10-14-18(17)24(19(22)26)15-16-11-7-6-8-12-16/h6-14H,4-5,15H2,1-3H3,(H,23,27)/t22-/m0/s1. The lowest BCUT2D eigenvalue weighted by Crippen LogP contribution is -2.60.